The molecule has 1 saturated carbocycles. The van der Waals surface area contributed by atoms with Crippen LogP contribution in [0.15, 0.2) is 12.4 Å². The van der Waals surface area contributed by atoms with Gasteiger partial charge in [0.25, 0.3) is 0 Å². The maximum atomic E-state index is 9.73. The number of aryl methyl sites for hydroxylation is 1. The second kappa shape index (κ2) is 5.72. The van der Waals surface area contributed by atoms with E-state index >= 15 is 0 Å². The van der Waals surface area contributed by atoms with Crippen LogP contribution in [0.4, 0.5) is 5.69 Å². The minimum absolute atomic E-state index is 0.164. The molecular formula is C16H23N5O2. The predicted octanol–water partition coefficient (Wildman–Crippen LogP) is 0.360. The summed E-state index contributed by atoms with van der Waals surface area (Å²) in [7, 11) is 0. The van der Waals surface area contributed by atoms with Crippen molar-refractivity contribution in [2.75, 3.05) is 31.2 Å². The van der Waals surface area contributed by atoms with Crippen molar-refractivity contribution in [3.63, 3.8) is 0 Å². The van der Waals surface area contributed by atoms with Crippen molar-refractivity contribution in [3.8, 4) is 0 Å². The Morgan fingerprint density at radius 2 is 2.13 bits per heavy atom. The topological polar surface area (TPSA) is 86.8 Å². The molecule has 1 saturated heterocycles. The molecule has 124 valence electrons. The van der Waals surface area contributed by atoms with Gasteiger partial charge in [-0.25, -0.2) is 0 Å². The van der Waals surface area contributed by atoms with Gasteiger partial charge in [-0.15, -0.1) is 10.2 Å². The summed E-state index contributed by atoms with van der Waals surface area (Å²) in [5.74, 6) is 1.43. The Morgan fingerprint density at radius 3 is 2.87 bits per heavy atom. The number of anilines is 1. The third kappa shape index (κ3) is 2.30. The summed E-state index contributed by atoms with van der Waals surface area (Å²) in [5.41, 5.74) is 2.90. The van der Waals surface area contributed by atoms with E-state index in [-0.39, 0.29) is 25.0 Å². The molecule has 0 bridgehead atoms. The van der Waals surface area contributed by atoms with Crippen molar-refractivity contribution in [2.45, 2.75) is 19.8 Å². The number of fused-ring (bicyclic) bond motifs is 2. The zero-order valence-electron chi connectivity index (χ0n) is 13.3. The lowest BCUT2D eigenvalue weighted by molar-refractivity contribution is 0.120. The molecule has 23 heavy (non-hydrogen) atoms. The van der Waals surface area contributed by atoms with E-state index in [9.17, 15) is 10.2 Å². The smallest absolute Gasteiger partial charge is 0.200 e. The molecule has 1 aliphatic heterocycles. The van der Waals surface area contributed by atoms with Crippen LogP contribution < -0.4 is 4.90 Å². The number of aromatic nitrogens is 4. The fourth-order valence-electron chi connectivity index (χ4n) is 4.50. The molecule has 1 aliphatic carbocycles. The third-order valence-corrected chi connectivity index (χ3v) is 5.70. The van der Waals surface area contributed by atoms with Gasteiger partial charge in [0, 0.05) is 26.3 Å². The first-order valence-electron chi connectivity index (χ1n) is 8.41. The normalized spacial score (nSPS) is 30.3. The zero-order valence-corrected chi connectivity index (χ0v) is 13.3. The second-order valence-corrected chi connectivity index (χ2v) is 6.83. The van der Waals surface area contributed by atoms with E-state index in [4.69, 9.17) is 0 Å². The van der Waals surface area contributed by atoms with Crippen LogP contribution in [0.5, 0.6) is 0 Å². The van der Waals surface area contributed by atoms with Gasteiger partial charge in [-0.05, 0) is 42.6 Å². The SMILES string of the molecule is CCc1cc(N2C[C@@H]3C[C@H](CO)[C@H](CO)[C@@H]3C2)c2nncn2n1. The lowest BCUT2D eigenvalue weighted by Crippen LogP contribution is -2.28. The molecule has 2 aromatic rings. The van der Waals surface area contributed by atoms with E-state index in [0.29, 0.717) is 11.8 Å². The highest BCUT2D eigenvalue weighted by Crippen LogP contribution is 2.46. The number of nitrogens with zero attached hydrogens (tertiary/aromatic N) is 5. The van der Waals surface area contributed by atoms with Gasteiger partial charge in [-0.1, -0.05) is 6.92 Å². The summed E-state index contributed by atoms with van der Waals surface area (Å²) in [5, 5.41) is 32.0. The Balaban J connectivity index is 1.65. The van der Waals surface area contributed by atoms with Crippen LogP contribution in [0.3, 0.4) is 0 Å². The summed E-state index contributed by atoms with van der Waals surface area (Å²) >= 11 is 0. The van der Waals surface area contributed by atoms with Crippen LogP contribution in [0.2, 0.25) is 0 Å². The van der Waals surface area contributed by atoms with Crippen LogP contribution in [-0.4, -0.2) is 56.3 Å². The second-order valence-electron chi connectivity index (χ2n) is 6.83. The molecule has 0 aromatic carbocycles. The van der Waals surface area contributed by atoms with Gasteiger partial charge >= 0.3 is 0 Å². The molecule has 0 amide bonds. The summed E-state index contributed by atoms with van der Waals surface area (Å²) < 4.78 is 1.75. The first kappa shape index (κ1) is 14.8. The molecule has 2 fully saturated rings. The molecule has 2 N–H and O–H groups in total. The van der Waals surface area contributed by atoms with E-state index in [1.54, 1.807) is 10.8 Å². The van der Waals surface area contributed by atoms with Crippen molar-refractivity contribution in [1.29, 1.82) is 0 Å². The number of hydrogen-bond donors (Lipinski definition) is 2. The molecule has 2 aromatic heterocycles. The first-order valence-corrected chi connectivity index (χ1v) is 8.41. The Kier molecular flexibility index (Phi) is 3.69. The van der Waals surface area contributed by atoms with Gasteiger partial charge in [0.2, 0.25) is 5.65 Å². The van der Waals surface area contributed by atoms with Crippen LogP contribution in [-0.2, 0) is 6.42 Å². The first-order chi connectivity index (χ1) is 11.2. The fourth-order valence-corrected chi connectivity index (χ4v) is 4.50. The Labute approximate surface area is 134 Å². The highest BCUT2D eigenvalue weighted by Gasteiger charge is 2.47. The van der Waals surface area contributed by atoms with Crippen LogP contribution in [0, 0.1) is 23.7 Å². The maximum Gasteiger partial charge on any atom is 0.200 e. The highest BCUT2D eigenvalue weighted by atomic mass is 16.3. The van der Waals surface area contributed by atoms with Crippen molar-refractivity contribution in [3.05, 3.63) is 18.1 Å². The monoisotopic (exact) mass is 317 g/mol. The summed E-state index contributed by atoms with van der Waals surface area (Å²) in [4.78, 5) is 2.36. The van der Waals surface area contributed by atoms with Crippen molar-refractivity contribution >= 4 is 11.3 Å². The maximum absolute atomic E-state index is 9.73. The van der Waals surface area contributed by atoms with Gasteiger partial charge in [-0.2, -0.15) is 9.61 Å². The van der Waals surface area contributed by atoms with Gasteiger partial charge in [-0.3, -0.25) is 0 Å². The average Bonchev–Trinajstić information content (AvgIpc) is 3.26. The van der Waals surface area contributed by atoms with Crippen LogP contribution >= 0.6 is 0 Å². The summed E-state index contributed by atoms with van der Waals surface area (Å²) in [6.45, 7) is 4.29. The molecule has 0 spiro atoms. The van der Waals surface area contributed by atoms with Crippen molar-refractivity contribution in [2.24, 2.45) is 23.7 Å². The lowest BCUT2D eigenvalue weighted by atomic mass is 9.89. The fraction of sp³-hybridized carbons (Fsp3) is 0.688. The predicted molar refractivity (Wildman–Crippen MR) is 85.1 cm³/mol. The Bertz CT molecular complexity index is 703. The zero-order chi connectivity index (χ0) is 16.0. The highest BCUT2D eigenvalue weighted by molar-refractivity contribution is 5.68. The molecular weight excluding hydrogens is 294 g/mol. The quantitative estimate of drug-likeness (QED) is 0.847. The van der Waals surface area contributed by atoms with Crippen LogP contribution in [0.1, 0.15) is 19.0 Å². The van der Waals surface area contributed by atoms with E-state index in [1.165, 1.54) is 0 Å². The van der Waals surface area contributed by atoms with E-state index in [1.807, 2.05) is 0 Å². The van der Waals surface area contributed by atoms with E-state index in [2.05, 4.69) is 33.2 Å². The van der Waals surface area contributed by atoms with E-state index < -0.39 is 0 Å². The van der Waals surface area contributed by atoms with Gasteiger partial charge in [0.15, 0.2) is 0 Å². The van der Waals surface area contributed by atoms with E-state index in [0.717, 1.165) is 43.0 Å². The number of rotatable bonds is 4. The lowest BCUT2D eigenvalue weighted by Gasteiger charge is -2.25. The van der Waals surface area contributed by atoms with Gasteiger partial charge in [0.05, 0.1) is 11.4 Å². The standard InChI is InChI=1S/C16H23N5O2/c1-2-12-4-15(16-18-17-9-21(16)19-12)20-5-10-3-11(7-22)14(8-23)13(10)6-20/h4,9-11,13-14,22-23H,2-3,5-8H2,1H3/t10-,11+,13+,14-/m0/s1. The minimum atomic E-state index is 0.164. The number of aliphatic hydroxyl groups is 2. The minimum Gasteiger partial charge on any atom is -0.396 e. The molecule has 0 radical (unpaired) electrons. The largest absolute Gasteiger partial charge is 0.396 e. The molecule has 7 heteroatoms. The number of hydrogen-bond acceptors (Lipinski definition) is 6. The van der Waals surface area contributed by atoms with Crippen LogP contribution in [0.25, 0.3) is 5.65 Å². The molecule has 7 nitrogen and oxygen atoms in total. The molecule has 4 atom stereocenters. The summed E-state index contributed by atoms with van der Waals surface area (Å²) in [6, 6.07) is 2.11. The molecule has 0 unspecified atom stereocenters. The van der Waals surface area contributed by atoms with Crippen molar-refractivity contribution < 1.29 is 10.2 Å². The molecule has 3 heterocycles. The van der Waals surface area contributed by atoms with Gasteiger partial charge < -0.3 is 15.1 Å². The third-order valence-electron chi connectivity index (χ3n) is 5.70. The molecule has 2 aliphatic rings. The van der Waals surface area contributed by atoms with Gasteiger partial charge in [0.1, 0.15) is 6.33 Å². The van der Waals surface area contributed by atoms with Crippen molar-refractivity contribution in [1.82, 2.24) is 19.8 Å². The Hall–Kier alpha value is -1.73. The Morgan fingerprint density at radius 1 is 1.26 bits per heavy atom. The number of aliphatic hydroxyl groups excluding tert-OH is 2. The molecule has 4 rings (SSSR count). The average molecular weight is 317 g/mol. The summed E-state index contributed by atoms with van der Waals surface area (Å²) in [6.07, 6.45) is 3.51.